The van der Waals surface area contributed by atoms with Crippen molar-refractivity contribution in [3.8, 4) is 0 Å². The number of hydrogen-bond donors (Lipinski definition) is 1. The Labute approximate surface area is 94.4 Å². The van der Waals surface area contributed by atoms with Gasteiger partial charge in [0.15, 0.2) is 0 Å². The Balaban J connectivity index is 2.32. The van der Waals surface area contributed by atoms with Crippen molar-refractivity contribution < 1.29 is 8.81 Å². The van der Waals surface area contributed by atoms with Crippen molar-refractivity contribution in [3.63, 3.8) is 0 Å². The van der Waals surface area contributed by atoms with Gasteiger partial charge in [-0.3, -0.25) is 0 Å². The van der Waals surface area contributed by atoms with Crippen LogP contribution in [0, 0.1) is 5.82 Å². The molecular weight excluding hydrogens is 205 g/mol. The molecule has 0 spiro atoms. The van der Waals surface area contributed by atoms with Crippen LogP contribution in [0.25, 0.3) is 11.0 Å². The zero-order valence-corrected chi connectivity index (χ0v) is 9.59. The molecule has 1 aromatic heterocycles. The molecule has 0 saturated carbocycles. The van der Waals surface area contributed by atoms with Gasteiger partial charge in [0.1, 0.15) is 11.4 Å². The molecule has 3 heteroatoms. The molecule has 0 aliphatic rings. The minimum atomic E-state index is -0.184. The maximum atomic E-state index is 13.7. The highest BCUT2D eigenvalue weighted by Crippen LogP contribution is 2.21. The second-order valence-electron chi connectivity index (χ2n) is 4.00. The van der Waals surface area contributed by atoms with Crippen LogP contribution in [0.5, 0.6) is 0 Å². The average Bonchev–Trinajstić information content (AvgIpc) is 2.72. The summed E-state index contributed by atoms with van der Waals surface area (Å²) in [5.74, 6) is -0.184. The maximum absolute atomic E-state index is 13.7. The molecule has 1 aromatic carbocycles. The van der Waals surface area contributed by atoms with Crippen molar-refractivity contribution in [2.24, 2.45) is 0 Å². The van der Waals surface area contributed by atoms with Gasteiger partial charge in [-0.25, -0.2) is 4.39 Å². The van der Waals surface area contributed by atoms with Crippen LogP contribution in [0.3, 0.4) is 0 Å². The zero-order valence-electron chi connectivity index (χ0n) is 9.59. The van der Waals surface area contributed by atoms with Gasteiger partial charge < -0.3 is 9.73 Å². The molecule has 0 amide bonds. The first-order chi connectivity index (χ1) is 7.74. The first-order valence-corrected chi connectivity index (χ1v) is 5.57. The monoisotopic (exact) mass is 221 g/mol. The predicted octanol–water partition coefficient (Wildman–Crippen LogP) is 3.11. The third kappa shape index (κ3) is 2.09. The Morgan fingerprint density at radius 1 is 1.44 bits per heavy atom. The lowest BCUT2D eigenvalue weighted by Gasteiger charge is -2.14. The van der Waals surface area contributed by atoms with Crippen molar-refractivity contribution in [1.82, 2.24) is 5.32 Å². The molecular formula is C13H16FNO. The molecule has 0 unspecified atom stereocenters. The fraction of sp³-hybridized carbons (Fsp3) is 0.385. The topological polar surface area (TPSA) is 25.2 Å². The lowest BCUT2D eigenvalue weighted by molar-refractivity contribution is 0.522. The van der Waals surface area contributed by atoms with E-state index in [9.17, 15) is 4.39 Å². The van der Waals surface area contributed by atoms with E-state index in [1.54, 1.807) is 6.26 Å². The number of rotatable bonds is 4. The van der Waals surface area contributed by atoms with E-state index in [1.807, 2.05) is 19.2 Å². The highest BCUT2D eigenvalue weighted by atomic mass is 19.1. The SMILES string of the molecule is CC[C@@H](Cc1cc2ccoc2cc1F)NC. The first kappa shape index (κ1) is 11.1. The number of benzene rings is 1. The minimum Gasteiger partial charge on any atom is -0.464 e. The highest BCUT2D eigenvalue weighted by molar-refractivity contribution is 5.77. The maximum Gasteiger partial charge on any atom is 0.136 e. The predicted molar refractivity (Wildman–Crippen MR) is 63.0 cm³/mol. The van der Waals surface area contributed by atoms with E-state index in [0.29, 0.717) is 18.0 Å². The van der Waals surface area contributed by atoms with Crippen LogP contribution in [-0.4, -0.2) is 13.1 Å². The summed E-state index contributed by atoms with van der Waals surface area (Å²) >= 11 is 0. The minimum absolute atomic E-state index is 0.184. The molecule has 0 aliphatic carbocycles. The Morgan fingerprint density at radius 2 is 2.25 bits per heavy atom. The van der Waals surface area contributed by atoms with Crippen molar-refractivity contribution >= 4 is 11.0 Å². The van der Waals surface area contributed by atoms with Gasteiger partial charge in [-0.2, -0.15) is 0 Å². The summed E-state index contributed by atoms with van der Waals surface area (Å²) in [6.45, 7) is 2.09. The summed E-state index contributed by atoms with van der Waals surface area (Å²) in [5, 5.41) is 4.14. The number of fused-ring (bicyclic) bond motifs is 1. The van der Waals surface area contributed by atoms with Gasteiger partial charge in [-0.15, -0.1) is 0 Å². The van der Waals surface area contributed by atoms with Crippen LogP contribution < -0.4 is 5.32 Å². The molecule has 0 fully saturated rings. The Hall–Kier alpha value is -1.35. The largest absolute Gasteiger partial charge is 0.464 e. The van der Waals surface area contributed by atoms with Crippen LogP contribution in [0.2, 0.25) is 0 Å². The van der Waals surface area contributed by atoms with Gasteiger partial charge in [0.05, 0.1) is 6.26 Å². The van der Waals surface area contributed by atoms with Gasteiger partial charge in [0, 0.05) is 17.5 Å². The first-order valence-electron chi connectivity index (χ1n) is 5.57. The quantitative estimate of drug-likeness (QED) is 0.858. The normalized spacial score (nSPS) is 13.2. The van der Waals surface area contributed by atoms with E-state index < -0.39 is 0 Å². The molecule has 0 bridgehead atoms. The molecule has 1 atom stereocenters. The van der Waals surface area contributed by atoms with E-state index in [1.165, 1.54) is 6.07 Å². The average molecular weight is 221 g/mol. The van der Waals surface area contributed by atoms with Crippen LogP contribution in [0.15, 0.2) is 28.9 Å². The zero-order chi connectivity index (χ0) is 11.5. The summed E-state index contributed by atoms with van der Waals surface area (Å²) in [6.07, 6.45) is 3.28. The Morgan fingerprint density at radius 3 is 2.94 bits per heavy atom. The molecule has 2 aromatic rings. The lowest BCUT2D eigenvalue weighted by Crippen LogP contribution is -2.26. The van der Waals surface area contributed by atoms with Gasteiger partial charge in [-0.1, -0.05) is 6.92 Å². The number of likely N-dealkylation sites (N-methyl/N-ethyl adjacent to an activating group) is 1. The van der Waals surface area contributed by atoms with E-state index >= 15 is 0 Å². The van der Waals surface area contributed by atoms with Gasteiger partial charge in [0.25, 0.3) is 0 Å². The molecule has 0 aliphatic heterocycles. The third-order valence-electron chi connectivity index (χ3n) is 2.99. The second-order valence-corrected chi connectivity index (χ2v) is 4.00. The number of nitrogens with one attached hydrogen (secondary N) is 1. The number of hydrogen-bond acceptors (Lipinski definition) is 2. The van der Waals surface area contributed by atoms with Crippen molar-refractivity contribution in [2.45, 2.75) is 25.8 Å². The van der Waals surface area contributed by atoms with E-state index in [4.69, 9.17) is 4.42 Å². The number of furan rings is 1. The van der Waals surface area contributed by atoms with Crippen molar-refractivity contribution in [1.29, 1.82) is 0 Å². The van der Waals surface area contributed by atoms with Crippen LogP contribution >= 0.6 is 0 Å². The summed E-state index contributed by atoms with van der Waals surface area (Å²) in [7, 11) is 1.91. The summed E-state index contributed by atoms with van der Waals surface area (Å²) in [6, 6.07) is 5.51. The summed E-state index contributed by atoms with van der Waals surface area (Å²) < 4.78 is 18.9. The van der Waals surface area contributed by atoms with E-state index in [2.05, 4.69) is 12.2 Å². The Bertz CT molecular complexity index is 474. The summed E-state index contributed by atoms with van der Waals surface area (Å²) in [5.41, 5.74) is 1.36. The molecule has 86 valence electrons. The standard InChI is InChI=1S/C13H16FNO/c1-3-11(15-2)7-10-6-9-4-5-16-13(9)8-12(10)14/h4-6,8,11,15H,3,7H2,1-2H3/t11-/m0/s1. The van der Waals surface area contributed by atoms with Gasteiger partial charge in [-0.05, 0) is 37.6 Å². The van der Waals surface area contributed by atoms with Crippen LogP contribution in [0.1, 0.15) is 18.9 Å². The van der Waals surface area contributed by atoms with Gasteiger partial charge >= 0.3 is 0 Å². The van der Waals surface area contributed by atoms with Gasteiger partial charge in [0.2, 0.25) is 0 Å². The molecule has 1 N–H and O–H groups in total. The summed E-state index contributed by atoms with van der Waals surface area (Å²) in [4.78, 5) is 0. The second kappa shape index (κ2) is 4.66. The third-order valence-corrected chi connectivity index (χ3v) is 2.99. The van der Waals surface area contributed by atoms with Crippen molar-refractivity contribution in [3.05, 3.63) is 35.8 Å². The fourth-order valence-corrected chi connectivity index (χ4v) is 1.90. The Kier molecular flexibility index (Phi) is 3.25. The molecule has 2 rings (SSSR count). The smallest absolute Gasteiger partial charge is 0.136 e. The van der Waals surface area contributed by atoms with Crippen LogP contribution in [0.4, 0.5) is 4.39 Å². The van der Waals surface area contributed by atoms with Crippen LogP contribution in [-0.2, 0) is 6.42 Å². The lowest BCUT2D eigenvalue weighted by atomic mass is 10.0. The molecule has 1 heterocycles. The fourth-order valence-electron chi connectivity index (χ4n) is 1.90. The highest BCUT2D eigenvalue weighted by Gasteiger charge is 2.11. The van der Waals surface area contributed by atoms with E-state index in [-0.39, 0.29) is 5.82 Å². The molecule has 2 nitrogen and oxygen atoms in total. The molecule has 16 heavy (non-hydrogen) atoms. The molecule has 0 saturated heterocycles. The number of halogens is 1. The van der Waals surface area contributed by atoms with Crippen molar-refractivity contribution in [2.75, 3.05) is 7.05 Å². The van der Waals surface area contributed by atoms with E-state index in [0.717, 1.165) is 17.4 Å². The molecule has 0 radical (unpaired) electrons.